The Bertz CT molecular complexity index is 1530. The van der Waals surface area contributed by atoms with Crippen molar-refractivity contribution < 1.29 is 15.3 Å². The van der Waals surface area contributed by atoms with E-state index in [1.807, 2.05) is 80.6 Å². The largest absolute Gasteiger partial charge is 3.00 e. The van der Waals surface area contributed by atoms with E-state index in [2.05, 4.69) is 9.97 Å². The summed E-state index contributed by atoms with van der Waals surface area (Å²) in [4.78, 5) is 8.33. The van der Waals surface area contributed by atoms with Gasteiger partial charge in [-0.1, -0.05) is 102 Å². The van der Waals surface area contributed by atoms with Gasteiger partial charge in [0.05, 0.1) is 11.0 Å². The second-order valence-corrected chi connectivity index (χ2v) is 8.04. The van der Waals surface area contributed by atoms with Crippen molar-refractivity contribution >= 4 is 49.9 Å². The average molecular weight is 487 g/mol. The number of nitrogens with zero attached hydrogens (tertiary/aromatic N) is 2. The molecule has 6 heteroatoms. The molecule has 2 heterocycles. The Morgan fingerprint density at radius 3 is 1.36 bits per heavy atom. The van der Waals surface area contributed by atoms with Gasteiger partial charge in [-0.2, -0.15) is 0 Å². The Balaban J connectivity index is 0.000000149. The molecule has 6 aromatic rings. The monoisotopic (exact) mass is 486 g/mol. The zero-order valence-corrected chi connectivity index (χ0v) is 21.2. The van der Waals surface area contributed by atoms with Crippen LogP contribution in [-0.4, -0.2) is 27.3 Å². The molecule has 2 aromatic heterocycles. The predicted octanol–water partition coefficient (Wildman–Crippen LogP) is 4.77. The van der Waals surface area contributed by atoms with Crippen molar-refractivity contribution in [3.05, 3.63) is 115 Å². The molecule has 0 fully saturated rings. The minimum Gasteiger partial charge on any atom is -0.872 e. The van der Waals surface area contributed by atoms with Crippen molar-refractivity contribution in [3.63, 3.8) is 0 Å². The van der Waals surface area contributed by atoms with Crippen LogP contribution in [0.2, 0.25) is 0 Å². The van der Waals surface area contributed by atoms with Crippen LogP contribution in [0.3, 0.4) is 0 Å². The normalized spacial score (nSPS) is 10.1. The third-order valence-corrected chi connectivity index (χ3v) is 5.39. The first-order valence-corrected chi connectivity index (χ1v) is 11.1. The maximum absolute atomic E-state index is 11.3. The summed E-state index contributed by atoms with van der Waals surface area (Å²) in [5, 5.41) is 37.4. The summed E-state index contributed by atoms with van der Waals surface area (Å²) in [5.74, 6) is 0.0931. The molecule has 0 N–H and O–H groups in total. The third kappa shape index (κ3) is 6.31. The van der Waals surface area contributed by atoms with E-state index in [0.29, 0.717) is 11.0 Å². The fourth-order valence-electron chi connectivity index (χ4n) is 3.63. The zero-order chi connectivity index (χ0) is 24.8. The van der Waals surface area contributed by atoms with Crippen molar-refractivity contribution in [1.82, 2.24) is 9.97 Å². The molecule has 0 amide bonds. The van der Waals surface area contributed by atoms with E-state index in [-0.39, 0.29) is 34.6 Å². The second kappa shape index (κ2) is 12.0. The first kappa shape index (κ1) is 26.5. The molecule has 0 atom stereocenters. The Morgan fingerprint density at radius 1 is 0.444 bits per heavy atom. The van der Waals surface area contributed by atoms with Gasteiger partial charge in [0.15, 0.2) is 0 Å². The van der Waals surface area contributed by atoms with Crippen molar-refractivity contribution in [3.8, 4) is 17.2 Å². The Labute approximate surface area is 220 Å². The van der Waals surface area contributed by atoms with Crippen molar-refractivity contribution in [2.24, 2.45) is 0 Å². The fraction of sp³-hybridized carbons (Fsp3) is 0.0667. The van der Waals surface area contributed by atoms with E-state index in [1.54, 1.807) is 24.3 Å². The molecular formula is C30H23AlN2O3. The van der Waals surface area contributed by atoms with Gasteiger partial charge in [0.2, 0.25) is 0 Å². The number of pyridine rings is 2. The summed E-state index contributed by atoms with van der Waals surface area (Å²) in [7, 11) is 0. The summed E-state index contributed by atoms with van der Waals surface area (Å²) < 4.78 is 0. The molecule has 0 aliphatic carbocycles. The number of rotatable bonds is 0. The summed E-state index contributed by atoms with van der Waals surface area (Å²) in [6.07, 6.45) is 0. The molecule has 0 saturated carbocycles. The van der Waals surface area contributed by atoms with Crippen LogP contribution < -0.4 is 15.3 Å². The van der Waals surface area contributed by atoms with Crippen LogP contribution in [0.15, 0.2) is 103 Å². The third-order valence-electron chi connectivity index (χ3n) is 5.39. The quantitative estimate of drug-likeness (QED) is 0.288. The maximum Gasteiger partial charge on any atom is 3.00 e. The van der Waals surface area contributed by atoms with Crippen LogP contribution in [0.25, 0.3) is 32.6 Å². The minimum absolute atomic E-state index is 0. The van der Waals surface area contributed by atoms with Gasteiger partial charge in [-0.3, -0.25) is 9.97 Å². The van der Waals surface area contributed by atoms with Crippen LogP contribution in [0.4, 0.5) is 0 Å². The van der Waals surface area contributed by atoms with E-state index < -0.39 is 0 Å². The number of hydrogen-bond donors (Lipinski definition) is 0. The first-order chi connectivity index (χ1) is 16.9. The molecule has 0 aliphatic heterocycles. The van der Waals surface area contributed by atoms with Crippen LogP contribution in [0, 0.1) is 13.8 Å². The van der Waals surface area contributed by atoms with Crippen molar-refractivity contribution in [2.45, 2.75) is 13.8 Å². The average Bonchev–Trinajstić information content (AvgIpc) is 2.86. The second-order valence-electron chi connectivity index (χ2n) is 8.04. The summed E-state index contributed by atoms with van der Waals surface area (Å²) >= 11 is 0. The Hall–Kier alpha value is -4.11. The van der Waals surface area contributed by atoms with Gasteiger partial charge in [0, 0.05) is 11.4 Å². The predicted molar refractivity (Wildman–Crippen MR) is 141 cm³/mol. The minimum atomic E-state index is -0.00352. The topological polar surface area (TPSA) is 95.0 Å². The van der Waals surface area contributed by atoms with Gasteiger partial charge >= 0.3 is 17.4 Å². The van der Waals surface area contributed by atoms with Gasteiger partial charge < -0.3 is 15.3 Å². The van der Waals surface area contributed by atoms with Gasteiger partial charge in [-0.25, -0.2) is 0 Å². The molecule has 0 spiro atoms. The van der Waals surface area contributed by atoms with E-state index in [1.165, 1.54) is 12.1 Å². The summed E-state index contributed by atoms with van der Waals surface area (Å²) in [6.45, 7) is 3.76. The van der Waals surface area contributed by atoms with Gasteiger partial charge in [-0.15, -0.1) is 5.75 Å². The van der Waals surface area contributed by atoms with Crippen LogP contribution in [0.5, 0.6) is 17.2 Å². The van der Waals surface area contributed by atoms with E-state index in [0.717, 1.165) is 32.9 Å². The first-order valence-electron chi connectivity index (χ1n) is 11.1. The molecule has 0 bridgehead atoms. The van der Waals surface area contributed by atoms with Crippen LogP contribution in [-0.2, 0) is 0 Å². The standard InChI is InChI=1S/2C10H9NO.C10H8O.Al/c2*1-7-5-6-8-3-2-4-9(12)10(8)11-7;11-10-7-3-5-8-4-1-2-6-9(8)10;/h2*2-6,12H,1H3;1-7,11H;/q;;;+3/p-3. The number of hydrogen-bond acceptors (Lipinski definition) is 5. The van der Waals surface area contributed by atoms with E-state index in [9.17, 15) is 15.3 Å². The molecule has 174 valence electrons. The number of aryl methyl sites for hydroxylation is 2. The Morgan fingerprint density at radius 2 is 0.861 bits per heavy atom. The molecule has 6 rings (SSSR count). The van der Waals surface area contributed by atoms with Crippen molar-refractivity contribution in [2.75, 3.05) is 0 Å². The van der Waals surface area contributed by atoms with Crippen LogP contribution >= 0.6 is 0 Å². The molecular weight excluding hydrogens is 463 g/mol. The zero-order valence-electron chi connectivity index (χ0n) is 20.0. The number of para-hydroxylation sites is 2. The number of benzene rings is 4. The molecule has 5 nitrogen and oxygen atoms in total. The summed E-state index contributed by atoms with van der Waals surface area (Å²) in [6, 6.07) is 30.9. The molecule has 0 unspecified atom stereocenters. The molecule has 0 radical (unpaired) electrons. The Kier molecular flexibility index (Phi) is 8.86. The van der Waals surface area contributed by atoms with Gasteiger partial charge in [0.25, 0.3) is 0 Å². The molecule has 0 aliphatic rings. The van der Waals surface area contributed by atoms with Crippen molar-refractivity contribution in [1.29, 1.82) is 0 Å². The SMILES string of the molecule is Cc1ccc2cccc([O-])c2n1.Cc1ccc2cccc([O-])c2n1.[Al+3].[O-]c1cccc2ccccc12. The maximum atomic E-state index is 11.3. The van der Waals surface area contributed by atoms with Crippen LogP contribution in [0.1, 0.15) is 11.4 Å². The van der Waals surface area contributed by atoms with Gasteiger partial charge in [-0.05, 0) is 47.5 Å². The van der Waals surface area contributed by atoms with E-state index in [4.69, 9.17) is 0 Å². The molecule has 36 heavy (non-hydrogen) atoms. The van der Waals surface area contributed by atoms with E-state index >= 15 is 0 Å². The number of fused-ring (bicyclic) bond motifs is 3. The summed E-state index contributed by atoms with van der Waals surface area (Å²) in [5.41, 5.74) is 2.90. The fourth-order valence-corrected chi connectivity index (χ4v) is 3.63. The smallest absolute Gasteiger partial charge is 0.872 e. The molecule has 4 aromatic carbocycles. The molecule has 0 saturated heterocycles. The van der Waals surface area contributed by atoms with Gasteiger partial charge in [0.1, 0.15) is 0 Å². The number of aromatic nitrogens is 2.